The number of hydrogen-bond donors (Lipinski definition) is 0. The van der Waals surface area contributed by atoms with Crippen molar-refractivity contribution >= 4 is 17.5 Å². The van der Waals surface area contributed by atoms with Gasteiger partial charge >= 0.3 is 0 Å². The van der Waals surface area contributed by atoms with Crippen molar-refractivity contribution < 1.29 is 18.7 Å². The summed E-state index contributed by atoms with van der Waals surface area (Å²) in [6.07, 6.45) is 3.38. The van der Waals surface area contributed by atoms with Crippen LogP contribution in [0.5, 0.6) is 11.6 Å². The number of ether oxygens (including phenoxy) is 2. The third kappa shape index (κ3) is 5.26. The molecule has 180 valence electrons. The standard InChI is InChI=1S/C27H26ClN3O4/c1-30-27(35-21-13-11-20(28)12-14-21)23(25(29-30)19-7-3-2-4-8-19)18-31(17-22-9-5-15-33-22)26(32)24-10-6-16-34-24/h2-4,6-8,10-14,16,22H,5,9,15,17-18H2,1H3/t22-/m1/s1. The van der Waals surface area contributed by atoms with Gasteiger partial charge in [-0.05, 0) is 49.2 Å². The second kappa shape index (κ2) is 10.4. The van der Waals surface area contributed by atoms with Crippen LogP contribution in [0, 0.1) is 0 Å². The second-order valence-corrected chi connectivity index (χ2v) is 8.91. The first-order valence-corrected chi connectivity index (χ1v) is 12.0. The van der Waals surface area contributed by atoms with Crippen LogP contribution in [-0.4, -0.2) is 39.8 Å². The van der Waals surface area contributed by atoms with Crippen molar-refractivity contribution in [1.82, 2.24) is 14.7 Å². The van der Waals surface area contributed by atoms with E-state index in [1.807, 2.05) is 37.4 Å². The number of carbonyl (C=O) groups is 1. The van der Waals surface area contributed by atoms with Crippen molar-refractivity contribution in [1.29, 1.82) is 0 Å². The number of aromatic nitrogens is 2. The van der Waals surface area contributed by atoms with Crippen molar-refractivity contribution in [3.63, 3.8) is 0 Å². The van der Waals surface area contributed by atoms with Crippen molar-refractivity contribution in [3.8, 4) is 22.9 Å². The van der Waals surface area contributed by atoms with E-state index in [2.05, 4.69) is 0 Å². The quantitative estimate of drug-likeness (QED) is 0.305. The van der Waals surface area contributed by atoms with Gasteiger partial charge in [0.05, 0.1) is 24.5 Å². The summed E-state index contributed by atoms with van der Waals surface area (Å²) < 4.78 is 19.3. The van der Waals surface area contributed by atoms with E-state index in [1.165, 1.54) is 6.26 Å². The molecule has 2 aromatic heterocycles. The maximum absolute atomic E-state index is 13.5. The molecular formula is C27H26ClN3O4. The molecule has 2 aromatic carbocycles. The largest absolute Gasteiger partial charge is 0.459 e. The van der Waals surface area contributed by atoms with Gasteiger partial charge in [0, 0.05) is 30.8 Å². The van der Waals surface area contributed by atoms with E-state index in [-0.39, 0.29) is 24.3 Å². The Bertz CT molecular complexity index is 1260. The lowest BCUT2D eigenvalue weighted by Crippen LogP contribution is -2.37. The zero-order valence-electron chi connectivity index (χ0n) is 19.4. The summed E-state index contributed by atoms with van der Waals surface area (Å²) in [5.74, 6) is 1.26. The molecule has 7 nitrogen and oxygen atoms in total. The molecular weight excluding hydrogens is 466 g/mol. The van der Waals surface area contributed by atoms with Crippen molar-refractivity contribution in [2.24, 2.45) is 7.05 Å². The summed E-state index contributed by atoms with van der Waals surface area (Å²) in [6, 6.07) is 20.4. The number of halogens is 1. The van der Waals surface area contributed by atoms with Crippen LogP contribution >= 0.6 is 11.6 Å². The van der Waals surface area contributed by atoms with Gasteiger partial charge in [-0.1, -0.05) is 41.9 Å². The molecule has 1 aliphatic rings. The first kappa shape index (κ1) is 23.2. The molecule has 35 heavy (non-hydrogen) atoms. The Balaban J connectivity index is 1.55. The van der Waals surface area contributed by atoms with Crippen LogP contribution in [0.3, 0.4) is 0 Å². The predicted octanol–water partition coefficient (Wildman–Crippen LogP) is 5.95. The summed E-state index contributed by atoms with van der Waals surface area (Å²) >= 11 is 6.06. The van der Waals surface area contributed by atoms with Crippen LogP contribution < -0.4 is 4.74 Å². The third-order valence-electron chi connectivity index (χ3n) is 5.98. The number of amides is 1. The highest BCUT2D eigenvalue weighted by Gasteiger charge is 2.29. The molecule has 0 radical (unpaired) electrons. The third-order valence-corrected chi connectivity index (χ3v) is 6.23. The molecule has 0 saturated carbocycles. The zero-order chi connectivity index (χ0) is 24.2. The smallest absolute Gasteiger partial charge is 0.289 e. The highest BCUT2D eigenvalue weighted by Crippen LogP contribution is 2.35. The molecule has 4 aromatic rings. The van der Waals surface area contributed by atoms with Gasteiger partial charge in [0.15, 0.2) is 5.76 Å². The Morgan fingerprint density at radius 2 is 1.94 bits per heavy atom. The minimum Gasteiger partial charge on any atom is -0.459 e. The Hall–Kier alpha value is -3.55. The van der Waals surface area contributed by atoms with E-state index in [1.54, 1.807) is 46.0 Å². The molecule has 0 bridgehead atoms. The van der Waals surface area contributed by atoms with E-state index in [0.717, 1.165) is 29.7 Å². The summed E-state index contributed by atoms with van der Waals surface area (Å²) in [6.45, 7) is 1.43. The molecule has 8 heteroatoms. The SMILES string of the molecule is Cn1nc(-c2ccccc2)c(CN(C[C@H]2CCCO2)C(=O)c2ccco2)c1Oc1ccc(Cl)cc1. The second-order valence-electron chi connectivity index (χ2n) is 8.48. The average molecular weight is 492 g/mol. The Morgan fingerprint density at radius 1 is 1.14 bits per heavy atom. The van der Waals surface area contributed by atoms with E-state index < -0.39 is 0 Å². The van der Waals surface area contributed by atoms with Gasteiger partial charge in [0.25, 0.3) is 5.91 Å². The van der Waals surface area contributed by atoms with Gasteiger partial charge in [-0.3, -0.25) is 4.79 Å². The Labute approximate surface area is 208 Å². The number of benzene rings is 2. The molecule has 3 heterocycles. The number of aryl methyl sites for hydroxylation is 1. The maximum Gasteiger partial charge on any atom is 0.289 e. The van der Waals surface area contributed by atoms with E-state index >= 15 is 0 Å². The van der Waals surface area contributed by atoms with E-state index in [9.17, 15) is 4.79 Å². The Kier molecular flexibility index (Phi) is 6.88. The van der Waals surface area contributed by atoms with Crippen molar-refractivity contribution in [2.75, 3.05) is 13.2 Å². The summed E-state index contributed by atoms with van der Waals surface area (Å²) in [4.78, 5) is 15.2. The maximum atomic E-state index is 13.5. The van der Waals surface area contributed by atoms with Gasteiger partial charge in [0.2, 0.25) is 5.88 Å². The molecule has 1 atom stereocenters. The lowest BCUT2D eigenvalue weighted by Gasteiger charge is -2.25. The molecule has 1 saturated heterocycles. The number of nitrogens with zero attached hydrogens (tertiary/aromatic N) is 3. The summed E-state index contributed by atoms with van der Waals surface area (Å²) in [5.41, 5.74) is 2.49. The molecule has 1 aliphatic heterocycles. The van der Waals surface area contributed by atoms with Gasteiger partial charge in [-0.2, -0.15) is 5.10 Å². The molecule has 0 N–H and O–H groups in total. The minimum atomic E-state index is -0.203. The topological polar surface area (TPSA) is 69.7 Å². The van der Waals surface area contributed by atoms with E-state index in [4.69, 9.17) is 30.6 Å². The fraction of sp³-hybridized carbons (Fsp3) is 0.259. The fourth-order valence-electron chi connectivity index (χ4n) is 4.27. The lowest BCUT2D eigenvalue weighted by molar-refractivity contribution is 0.0483. The van der Waals surface area contributed by atoms with Crippen LogP contribution in [0.4, 0.5) is 0 Å². The van der Waals surface area contributed by atoms with Gasteiger partial charge in [-0.15, -0.1) is 0 Å². The summed E-state index contributed by atoms with van der Waals surface area (Å²) in [5, 5.41) is 5.40. The van der Waals surface area contributed by atoms with Gasteiger partial charge in [0.1, 0.15) is 11.4 Å². The van der Waals surface area contributed by atoms with Crippen LogP contribution in [0.25, 0.3) is 11.3 Å². The van der Waals surface area contributed by atoms with E-state index in [0.29, 0.717) is 29.8 Å². The molecule has 0 aliphatic carbocycles. The number of rotatable bonds is 8. The molecule has 1 amide bonds. The molecule has 5 rings (SSSR count). The molecule has 1 fully saturated rings. The van der Waals surface area contributed by atoms with Gasteiger partial charge < -0.3 is 18.8 Å². The fourth-order valence-corrected chi connectivity index (χ4v) is 4.39. The Morgan fingerprint density at radius 3 is 2.63 bits per heavy atom. The minimum absolute atomic E-state index is 0.0219. The number of carbonyl (C=O) groups excluding carboxylic acids is 1. The number of hydrogen-bond acceptors (Lipinski definition) is 5. The average Bonchev–Trinajstić information content (AvgIpc) is 3.64. The van der Waals surface area contributed by atoms with Crippen molar-refractivity contribution in [2.45, 2.75) is 25.5 Å². The first-order chi connectivity index (χ1) is 17.1. The van der Waals surface area contributed by atoms with Crippen LogP contribution in [0.1, 0.15) is 29.0 Å². The predicted molar refractivity (Wildman–Crippen MR) is 133 cm³/mol. The zero-order valence-corrected chi connectivity index (χ0v) is 20.1. The monoisotopic (exact) mass is 491 g/mol. The molecule has 0 spiro atoms. The van der Waals surface area contributed by atoms with Gasteiger partial charge in [-0.25, -0.2) is 4.68 Å². The highest BCUT2D eigenvalue weighted by molar-refractivity contribution is 6.30. The first-order valence-electron chi connectivity index (χ1n) is 11.6. The lowest BCUT2D eigenvalue weighted by atomic mass is 10.1. The number of furan rings is 1. The van der Waals surface area contributed by atoms with Crippen LogP contribution in [-0.2, 0) is 18.3 Å². The van der Waals surface area contributed by atoms with Crippen LogP contribution in [0.15, 0.2) is 77.4 Å². The van der Waals surface area contributed by atoms with Crippen LogP contribution in [0.2, 0.25) is 5.02 Å². The highest BCUT2D eigenvalue weighted by atomic mass is 35.5. The summed E-state index contributed by atoms with van der Waals surface area (Å²) in [7, 11) is 1.83. The molecule has 0 unspecified atom stereocenters. The van der Waals surface area contributed by atoms with Crippen molar-refractivity contribution in [3.05, 3.63) is 89.3 Å². The normalized spacial score (nSPS) is 15.3.